The average molecular weight is 247 g/mol. The molecule has 98 valence electrons. The van der Waals surface area contributed by atoms with E-state index in [2.05, 4.69) is 5.32 Å². The third-order valence-corrected chi connectivity index (χ3v) is 3.87. The summed E-state index contributed by atoms with van der Waals surface area (Å²) in [7, 11) is 0. The summed E-state index contributed by atoms with van der Waals surface area (Å²) in [5.41, 5.74) is 0.366. The van der Waals surface area contributed by atoms with Gasteiger partial charge in [-0.05, 0) is 31.4 Å². The van der Waals surface area contributed by atoms with Crippen LogP contribution in [0.15, 0.2) is 30.3 Å². The van der Waals surface area contributed by atoms with Crippen LogP contribution >= 0.6 is 0 Å². The molecule has 1 aromatic rings. The number of carbonyl (C=O) groups excluding carboxylic acids is 1. The summed E-state index contributed by atoms with van der Waals surface area (Å²) in [4.78, 5) is 12.6. The molecule has 18 heavy (non-hydrogen) atoms. The second-order valence-corrected chi connectivity index (χ2v) is 5.17. The second kappa shape index (κ2) is 5.21. The highest BCUT2D eigenvalue weighted by Gasteiger charge is 2.49. The molecule has 0 aliphatic heterocycles. The molecule has 0 aromatic heterocycles. The minimum atomic E-state index is -0.634. The van der Waals surface area contributed by atoms with Crippen molar-refractivity contribution in [2.24, 2.45) is 11.8 Å². The van der Waals surface area contributed by atoms with Gasteiger partial charge in [-0.2, -0.15) is 0 Å². The van der Waals surface area contributed by atoms with Crippen LogP contribution in [0, 0.1) is 11.8 Å². The summed E-state index contributed by atoms with van der Waals surface area (Å²) >= 11 is 0. The first-order valence-corrected chi connectivity index (χ1v) is 6.59. The van der Waals surface area contributed by atoms with Gasteiger partial charge in [-0.25, -0.2) is 0 Å². The van der Waals surface area contributed by atoms with Gasteiger partial charge < -0.3 is 10.4 Å². The molecule has 0 radical (unpaired) electrons. The lowest BCUT2D eigenvalue weighted by Crippen LogP contribution is -2.47. The first-order valence-electron chi connectivity index (χ1n) is 6.59. The molecule has 1 aliphatic carbocycles. The standard InChI is InChI=1S/C15H21NO2/c1-3-16-15(2,12-7-5-4-6-8-12)14(18)13-9-11(13)10-17/h4-8,11,13,16-17H,3,9-10H2,1-2H3. The van der Waals surface area contributed by atoms with E-state index in [0.29, 0.717) is 0 Å². The lowest BCUT2D eigenvalue weighted by Gasteiger charge is -2.30. The number of aliphatic hydroxyl groups excluding tert-OH is 1. The molecule has 1 fully saturated rings. The Hall–Kier alpha value is -1.19. The molecule has 0 spiro atoms. The third-order valence-electron chi connectivity index (χ3n) is 3.87. The molecule has 3 unspecified atom stereocenters. The highest BCUT2D eigenvalue weighted by atomic mass is 16.3. The second-order valence-electron chi connectivity index (χ2n) is 5.17. The number of benzene rings is 1. The van der Waals surface area contributed by atoms with Crippen molar-refractivity contribution in [1.82, 2.24) is 5.32 Å². The zero-order valence-electron chi connectivity index (χ0n) is 11.0. The Kier molecular flexibility index (Phi) is 3.83. The zero-order valence-corrected chi connectivity index (χ0v) is 11.0. The Labute approximate surface area is 108 Å². The number of hydrogen-bond donors (Lipinski definition) is 2. The number of hydrogen-bond acceptors (Lipinski definition) is 3. The molecule has 1 saturated carbocycles. The molecule has 0 saturated heterocycles. The van der Waals surface area contributed by atoms with Crippen LogP contribution in [0.2, 0.25) is 0 Å². The van der Waals surface area contributed by atoms with Gasteiger partial charge in [-0.15, -0.1) is 0 Å². The van der Waals surface area contributed by atoms with Crippen molar-refractivity contribution in [2.45, 2.75) is 25.8 Å². The average Bonchev–Trinajstić information content (AvgIpc) is 3.18. The van der Waals surface area contributed by atoms with Gasteiger partial charge in [-0.3, -0.25) is 4.79 Å². The molecule has 2 N–H and O–H groups in total. The van der Waals surface area contributed by atoms with E-state index in [1.165, 1.54) is 0 Å². The van der Waals surface area contributed by atoms with E-state index in [1.54, 1.807) is 0 Å². The van der Waals surface area contributed by atoms with E-state index in [4.69, 9.17) is 5.11 Å². The molecule has 0 amide bonds. The number of ketones is 1. The van der Waals surface area contributed by atoms with E-state index >= 15 is 0 Å². The first-order chi connectivity index (χ1) is 8.63. The van der Waals surface area contributed by atoms with Gasteiger partial charge in [0.25, 0.3) is 0 Å². The molecular weight excluding hydrogens is 226 g/mol. The Morgan fingerprint density at radius 1 is 1.44 bits per heavy atom. The molecule has 1 aliphatic rings. The first kappa shape index (κ1) is 13.2. The van der Waals surface area contributed by atoms with Gasteiger partial charge >= 0.3 is 0 Å². The summed E-state index contributed by atoms with van der Waals surface area (Å²) in [5.74, 6) is 0.382. The number of nitrogens with one attached hydrogen (secondary N) is 1. The summed E-state index contributed by atoms with van der Waals surface area (Å²) in [5, 5.41) is 12.4. The van der Waals surface area contributed by atoms with Crippen molar-refractivity contribution in [3.63, 3.8) is 0 Å². The highest BCUT2D eigenvalue weighted by molar-refractivity contribution is 5.93. The SMILES string of the molecule is CCNC(C)(C(=O)C1CC1CO)c1ccccc1. The Morgan fingerprint density at radius 3 is 2.61 bits per heavy atom. The quantitative estimate of drug-likeness (QED) is 0.804. The molecule has 3 atom stereocenters. The van der Waals surface area contributed by atoms with Crippen LogP contribution in [0.3, 0.4) is 0 Å². The van der Waals surface area contributed by atoms with E-state index in [1.807, 2.05) is 44.2 Å². The van der Waals surface area contributed by atoms with Crippen LogP contribution in [0.1, 0.15) is 25.8 Å². The fraction of sp³-hybridized carbons (Fsp3) is 0.533. The predicted molar refractivity (Wildman–Crippen MR) is 71.2 cm³/mol. The topological polar surface area (TPSA) is 49.3 Å². The number of Topliss-reactive ketones (excluding diaryl/α,β-unsaturated/α-hetero) is 1. The van der Waals surface area contributed by atoms with Crippen molar-refractivity contribution >= 4 is 5.78 Å². The zero-order chi connectivity index (χ0) is 13.2. The maximum Gasteiger partial charge on any atom is 0.160 e. The maximum atomic E-state index is 12.6. The van der Waals surface area contributed by atoms with Gasteiger partial charge in [-0.1, -0.05) is 37.3 Å². The minimum Gasteiger partial charge on any atom is -0.396 e. The van der Waals surface area contributed by atoms with Crippen LogP contribution in [0.25, 0.3) is 0 Å². The van der Waals surface area contributed by atoms with Crippen LogP contribution in [0.5, 0.6) is 0 Å². The van der Waals surface area contributed by atoms with Crippen LogP contribution < -0.4 is 5.32 Å². The summed E-state index contributed by atoms with van der Waals surface area (Å²) in [6.07, 6.45) is 0.823. The van der Waals surface area contributed by atoms with Crippen molar-refractivity contribution in [1.29, 1.82) is 0 Å². The Balaban J connectivity index is 2.24. The van der Waals surface area contributed by atoms with Gasteiger partial charge in [0, 0.05) is 12.5 Å². The molecule has 1 aromatic carbocycles. The van der Waals surface area contributed by atoms with E-state index in [-0.39, 0.29) is 24.2 Å². The fourth-order valence-corrected chi connectivity index (χ4v) is 2.60. The van der Waals surface area contributed by atoms with Gasteiger partial charge in [0.15, 0.2) is 5.78 Å². The van der Waals surface area contributed by atoms with Crippen LogP contribution in [-0.2, 0) is 10.3 Å². The van der Waals surface area contributed by atoms with E-state index < -0.39 is 5.54 Å². The Morgan fingerprint density at radius 2 is 2.11 bits per heavy atom. The minimum absolute atomic E-state index is 0.0132. The highest BCUT2D eigenvalue weighted by Crippen LogP contribution is 2.43. The van der Waals surface area contributed by atoms with E-state index in [9.17, 15) is 4.79 Å². The van der Waals surface area contributed by atoms with Gasteiger partial charge in [0.05, 0.1) is 0 Å². The van der Waals surface area contributed by atoms with Crippen molar-refractivity contribution in [3.05, 3.63) is 35.9 Å². The third kappa shape index (κ3) is 2.33. The number of likely N-dealkylation sites (N-methyl/N-ethyl adjacent to an activating group) is 1. The molecular formula is C15H21NO2. The van der Waals surface area contributed by atoms with Crippen LogP contribution in [0.4, 0.5) is 0 Å². The lowest BCUT2D eigenvalue weighted by atomic mass is 9.84. The van der Waals surface area contributed by atoms with Gasteiger partial charge in [0.2, 0.25) is 0 Å². The van der Waals surface area contributed by atoms with Crippen molar-refractivity contribution in [2.75, 3.05) is 13.2 Å². The molecule has 0 heterocycles. The number of aliphatic hydroxyl groups is 1. The van der Waals surface area contributed by atoms with Crippen molar-refractivity contribution in [3.8, 4) is 0 Å². The number of carbonyl (C=O) groups is 1. The molecule has 0 bridgehead atoms. The van der Waals surface area contributed by atoms with Gasteiger partial charge in [0.1, 0.15) is 5.54 Å². The lowest BCUT2D eigenvalue weighted by molar-refractivity contribution is -0.127. The van der Waals surface area contributed by atoms with E-state index in [0.717, 1.165) is 18.5 Å². The summed E-state index contributed by atoms with van der Waals surface area (Å²) in [6.45, 7) is 4.81. The number of rotatable bonds is 6. The predicted octanol–water partition coefficient (Wildman–Crippen LogP) is 1.71. The summed E-state index contributed by atoms with van der Waals surface area (Å²) < 4.78 is 0. The monoisotopic (exact) mass is 247 g/mol. The van der Waals surface area contributed by atoms with Crippen molar-refractivity contribution < 1.29 is 9.90 Å². The smallest absolute Gasteiger partial charge is 0.160 e. The summed E-state index contributed by atoms with van der Waals surface area (Å²) in [6, 6.07) is 9.82. The normalized spacial score (nSPS) is 25.5. The molecule has 2 rings (SSSR count). The fourth-order valence-electron chi connectivity index (χ4n) is 2.60. The Bertz CT molecular complexity index is 418. The maximum absolute atomic E-state index is 12.6. The molecule has 3 heteroatoms. The molecule has 3 nitrogen and oxygen atoms in total. The largest absolute Gasteiger partial charge is 0.396 e. The van der Waals surface area contributed by atoms with Crippen LogP contribution in [-0.4, -0.2) is 24.0 Å².